The Morgan fingerprint density at radius 2 is 1.85 bits per heavy atom. The molecule has 0 atom stereocenters. The SMILES string of the molecule is O=Cc1cnc(N2CCN(c3ccccc3Cl)CC2)s1. The lowest BCUT2D eigenvalue weighted by molar-refractivity contribution is 0.112. The standard InChI is InChI=1S/C14H14ClN3OS/c15-12-3-1-2-4-13(12)17-5-7-18(8-6-17)14-16-9-11(10-19)20-14/h1-4,9-10H,5-8H2. The number of para-hydroxylation sites is 1. The van der Waals surface area contributed by atoms with Crippen molar-refractivity contribution in [2.45, 2.75) is 0 Å². The van der Waals surface area contributed by atoms with Gasteiger partial charge in [-0.3, -0.25) is 4.79 Å². The van der Waals surface area contributed by atoms with Crippen molar-refractivity contribution in [2.24, 2.45) is 0 Å². The van der Waals surface area contributed by atoms with Gasteiger partial charge in [0.1, 0.15) is 0 Å². The molecule has 1 saturated heterocycles. The number of hydrogen-bond donors (Lipinski definition) is 0. The van der Waals surface area contributed by atoms with E-state index in [9.17, 15) is 4.79 Å². The molecule has 6 heteroatoms. The topological polar surface area (TPSA) is 36.4 Å². The van der Waals surface area contributed by atoms with Gasteiger partial charge in [0.05, 0.1) is 21.8 Å². The molecule has 104 valence electrons. The highest BCUT2D eigenvalue weighted by Gasteiger charge is 2.20. The molecule has 1 aliphatic heterocycles. The van der Waals surface area contributed by atoms with Crippen molar-refractivity contribution in [3.8, 4) is 0 Å². The van der Waals surface area contributed by atoms with E-state index in [1.54, 1.807) is 6.20 Å². The highest BCUT2D eigenvalue weighted by molar-refractivity contribution is 7.17. The largest absolute Gasteiger partial charge is 0.367 e. The van der Waals surface area contributed by atoms with Crippen LogP contribution >= 0.6 is 22.9 Å². The molecule has 0 unspecified atom stereocenters. The van der Waals surface area contributed by atoms with Gasteiger partial charge >= 0.3 is 0 Å². The van der Waals surface area contributed by atoms with E-state index in [1.807, 2.05) is 24.3 Å². The van der Waals surface area contributed by atoms with Crippen molar-refractivity contribution in [1.82, 2.24) is 4.98 Å². The molecule has 2 heterocycles. The van der Waals surface area contributed by atoms with Crippen LogP contribution in [-0.2, 0) is 0 Å². The number of thiazole rings is 1. The van der Waals surface area contributed by atoms with E-state index in [4.69, 9.17) is 11.6 Å². The van der Waals surface area contributed by atoms with Crippen molar-refractivity contribution in [2.75, 3.05) is 36.0 Å². The molecule has 0 N–H and O–H groups in total. The van der Waals surface area contributed by atoms with Crippen LogP contribution in [0.15, 0.2) is 30.5 Å². The van der Waals surface area contributed by atoms with E-state index < -0.39 is 0 Å². The second-order valence-electron chi connectivity index (χ2n) is 4.59. The van der Waals surface area contributed by atoms with Gasteiger partial charge in [0.2, 0.25) is 0 Å². The summed E-state index contributed by atoms with van der Waals surface area (Å²) in [5.41, 5.74) is 1.08. The van der Waals surface area contributed by atoms with Gasteiger partial charge in [0.15, 0.2) is 11.4 Å². The minimum Gasteiger partial charge on any atom is -0.367 e. The predicted molar refractivity (Wildman–Crippen MR) is 83.4 cm³/mol. The summed E-state index contributed by atoms with van der Waals surface area (Å²) in [5, 5.41) is 1.71. The molecular weight excluding hydrogens is 294 g/mol. The molecule has 20 heavy (non-hydrogen) atoms. The molecule has 3 rings (SSSR count). The van der Waals surface area contributed by atoms with Crippen LogP contribution in [0, 0.1) is 0 Å². The van der Waals surface area contributed by atoms with Gasteiger partial charge in [-0.2, -0.15) is 0 Å². The Morgan fingerprint density at radius 3 is 2.50 bits per heavy atom. The van der Waals surface area contributed by atoms with Crippen molar-refractivity contribution in [3.63, 3.8) is 0 Å². The Balaban J connectivity index is 1.68. The third kappa shape index (κ3) is 2.64. The summed E-state index contributed by atoms with van der Waals surface area (Å²) in [7, 11) is 0. The van der Waals surface area contributed by atoms with Gasteiger partial charge in [0, 0.05) is 26.2 Å². The van der Waals surface area contributed by atoms with Crippen LogP contribution in [0.5, 0.6) is 0 Å². The number of hydrogen-bond acceptors (Lipinski definition) is 5. The fourth-order valence-electron chi connectivity index (χ4n) is 2.32. The summed E-state index contributed by atoms with van der Waals surface area (Å²) in [4.78, 5) is 20.2. The molecule has 1 aliphatic rings. The Bertz CT molecular complexity index is 608. The van der Waals surface area contributed by atoms with Crippen molar-refractivity contribution in [3.05, 3.63) is 40.4 Å². The minimum atomic E-state index is 0.675. The average molecular weight is 308 g/mol. The monoisotopic (exact) mass is 307 g/mol. The van der Waals surface area contributed by atoms with Gasteiger partial charge in [-0.05, 0) is 12.1 Å². The fraction of sp³-hybridized carbons (Fsp3) is 0.286. The maximum atomic E-state index is 10.7. The molecule has 0 bridgehead atoms. The number of nitrogens with zero attached hydrogens (tertiary/aromatic N) is 3. The quantitative estimate of drug-likeness (QED) is 0.817. The molecule has 1 fully saturated rings. The molecule has 1 aromatic carbocycles. The maximum Gasteiger partial charge on any atom is 0.186 e. The number of benzene rings is 1. The molecule has 2 aromatic rings. The third-order valence-corrected chi connectivity index (χ3v) is 4.67. The van der Waals surface area contributed by atoms with Gasteiger partial charge in [0.25, 0.3) is 0 Å². The van der Waals surface area contributed by atoms with Crippen LogP contribution < -0.4 is 9.80 Å². The van der Waals surface area contributed by atoms with Gasteiger partial charge in [-0.1, -0.05) is 35.1 Å². The number of aromatic nitrogens is 1. The smallest absolute Gasteiger partial charge is 0.186 e. The Hall–Kier alpha value is -1.59. The predicted octanol–water partition coefficient (Wildman–Crippen LogP) is 2.94. The molecule has 0 spiro atoms. The molecule has 0 saturated carbocycles. The second kappa shape index (κ2) is 5.81. The highest BCUT2D eigenvalue weighted by Crippen LogP contribution is 2.28. The van der Waals surface area contributed by atoms with Crippen molar-refractivity contribution in [1.29, 1.82) is 0 Å². The van der Waals surface area contributed by atoms with E-state index in [0.717, 1.165) is 48.3 Å². The minimum absolute atomic E-state index is 0.675. The molecular formula is C14H14ClN3OS. The van der Waals surface area contributed by atoms with E-state index >= 15 is 0 Å². The van der Waals surface area contributed by atoms with Gasteiger partial charge in [-0.15, -0.1) is 0 Å². The van der Waals surface area contributed by atoms with E-state index in [-0.39, 0.29) is 0 Å². The second-order valence-corrected chi connectivity index (χ2v) is 6.04. The Labute approximate surface area is 126 Å². The van der Waals surface area contributed by atoms with Gasteiger partial charge in [-0.25, -0.2) is 4.98 Å². The molecule has 0 aliphatic carbocycles. The summed E-state index contributed by atoms with van der Waals surface area (Å²) >= 11 is 7.67. The van der Waals surface area contributed by atoms with E-state index in [1.165, 1.54) is 11.3 Å². The molecule has 4 nitrogen and oxygen atoms in total. The summed E-state index contributed by atoms with van der Waals surface area (Å²) in [5.74, 6) is 0. The fourth-order valence-corrected chi connectivity index (χ4v) is 3.36. The first-order valence-corrected chi connectivity index (χ1v) is 7.63. The first-order valence-electron chi connectivity index (χ1n) is 6.43. The lowest BCUT2D eigenvalue weighted by atomic mass is 10.2. The number of halogens is 1. The summed E-state index contributed by atoms with van der Waals surface area (Å²) in [6.45, 7) is 3.58. The number of aldehydes is 1. The normalized spacial score (nSPS) is 15.4. The maximum absolute atomic E-state index is 10.7. The Kier molecular flexibility index (Phi) is 3.89. The van der Waals surface area contributed by atoms with E-state index in [0.29, 0.717) is 4.88 Å². The van der Waals surface area contributed by atoms with E-state index in [2.05, 4.69) is 14.8 Å². The Morgan fingerprint density at radius 1 is 1.15 bits per heavy atom. The lowest BCUT2D eigenvalue weighted by Gasteiger charge is -2.36. The number of carbonyl (C=O) groups excluding carboxylic acids is 1. The first kappa shape index (κ1) is 13.4. The van der Waals surface area contributed by atoms with Crippen LogP contribution in [0.4, 0.5) is 10.8 Å². The summed E-state index contributed by atoms with van der Waals surface area (Å²) in [6.07, 6.45) is 2.48. The number of anilines is 2. The van der Waals surface area contributed by atoms with Crippen LogP contribution in [0.1, 0.15) is 9.67 Å². The number of carbonyl (C=O) groups is 1. The first-order chi connectivity index (χ1) is 9.78. The van der Waals surface area contributed by atoms with Crippen molar-refractivity contribution < 1.29 is 4.79 Å². The van der Waals surface area contributed by atoms with Crippen LogP contribution in [-0.4, -0.2) is 37.4 Å². The van der Waals surface area contributed by atoms with Crippen LogP contribution in [0.2, 0.25) is 5.02 Å². The number of piperazine rings is 1. The zero-order chi connectivity index (χ0) is 13.9. The zero-order valence-electron chi connectivity index (χ0n) is 10.8. The molecule has 0 radical (unpaired) electrons. The average Bonchev–Trinajstić information content (AvgIpc) is 2.97. The zero-order valence-corrected chi connectivity index (χ0v) is 12.4. The summed E-state index contributed by atoms with van der Waals surface area (Å²) in [6, 6.07) is 7.91. The summed E-state index contributed by atoms with van der Waals surface area (Å²) < 4.78 is 0. The highest BCUT2D eigenvalue weighted by atomic mass is 35.5. The third-order valence-electron chi connectivity index (χ3n) is 3.37. The van der Waals surface area contributed by atoms with Crippen LogP contribution in [0.3, 0.4) is 0 Å². The molecule has 1 aromatic heterocycles. The van der Waals surface area contributed by atoms with Gasteiger partial charge < -0.3 is 9.80 Å². The van der Waals surface area contributed by atoms with Crippen molar-refractivity contribution >= 4 is 40.0 Å². The van der Waals surface area contributed by atoms with Crippen LogP contribution in [0.25, 0.3) is 0 Å². The lowest BCUT2D eigenvalue weighted by Crippen LogP contribution is -2.46. The number of rotatable bonds is 3. The molecule has 0 amide bonds.